The van der Waals surface area contributed by atoms with Crippen molar-refractivity contribution in [3.63, 3.8) is 0 Å². The van der Waals surface area contributed by atoms with E-state index in [1.165, 1.54) is 0 Å². The van der Waals surface area contributed by atoms with Crippen molar-refractivity contribution in [3.05, 3.63) is 0 Å². The highest BCUT2D eigenvalue weighted by Crippen LogP contribution is 2.04. The molecule has 0 aromatic heterocycles. The second-order valence-electron chi connectivity index (χ2n) is 5.57. The summed E-state index contributed by atoms with van der Waals surface area (Å²) < 4.78 is 10.8. The number of nitrogens with zero attached hydrogens (tertiary/aromatic N) is 1. The summed E-state index contributed by atoms with van der Waals surface area (Å²) >= 11 is 0. The van der Waals surface area contributed by atoms with Gasteiger partial charge in [0.15, 0.2) is 0 Å². The molecule has 0 aliphatic carbocycles. The molecule has 0 aromatic rings. The molecule has 110 valence electrons. The van der Waals surface area contributed by atoms with Crippen LogP contribution in [0.2, 0.25) is 0 Å². The van der Waals surface area contributed by atoms with Crippen molar-refractivity contribution in [2.24, 2.45) is 0 Å². The molecule has 0 aromatic carbocycles. The second kappa shape index (κ2) is 9.73. The van der Waals surface area contributed by atoms with Gasteiger partial charge in [0.2, 0.25) is 0 Å². The molecule has 1 atom stereocenters. The summed E-state index contributed by atoms with van der Waals surface area (Å²) in [4.78, 5) is 2.41. The van der Waals surface area contributed by atoms with Gasteiger partial charge in [0.1, 0.15) is 0 Å². The Bertz CT molecular complexity index is 193. The van der Waals surface area contributed by atoms with Gasteiger partial charge in [0, 0.05) is 38.4 Å². The monoisotopic (exact) mass is 260 g/mol. The van der Waals surface area contributed by atoms with Crippen LogP contribution in [0, 0.1) is 0 Å². The Balaban J connectivity index is 4.23. The highest BCUT2D eigenvalue weighted by atomic mass is 16.5. The molecule has 4 heteroatoms. The number of ether oxygens (including phenoxy) is 2. The van der Waals surface area contributed by atoms with Crippen LogP contribution in [0.25, 0.3) is 0 Å². The maximum atomic E-state index is 5.44. The predicted octanol–water partition coefficient (Wildman–Crippen LogP) is 1.75. The van der Waals surface area contributed by atoms with Gasteiger partial charge in [-0.1, -0.05) is 6.92 Å². The summed E-state index contributed by atoms with van der Waals surface area (Å²) in [7, 11) is 1.76. The lowest BCUT2D eigenvalue weighted by atomic mass is 10.1. The van der Waals surface area contributed by atoms with E-state index in [9.17, 15) is 0 Å². The van der Waals surface area contributed by atoms with Crippen molar-refractivity contribution in [1.29, 1.82) is 0 Å². The van der Waals surface area contributed by atoms with Gasteiger partial charge in [-0.2, -0.15) is 0 Å². The SMILES string of the molecule is CCOCCN(CC)C(CNC(C)(C)C)COC. The molecule has 1 N–H and O–H groups in total. The van der Waals surface area contributed by atoms with Gasteiger partial charge in [0.05, 0.1) is 13.2 Å². The minimum absolute atomic E-state index is 0.144. The first-order valence-electron chi connectivity index (χ1n) is 7.00. The smallest absolute Gasteiger partial charge is 0.0630 e. The van der Waals surface area contributed by atoms with E-state index in [1.807, 2.05) is 6.92 Å². The third-order valence-corrected chi connectivity index (χ3v) is 2.88. The lowest BCUT2D eigenvalue weighted by molar-refractivity contribution is 0.0579. The van der Waals surface area contributed by atoms with Gasteiger partial charge in [0.25, 0.3) is 0 Å². The normalized spacial score (nSPS) is 14.2. The van der Waals surface area contributed by atoms with E-state index < -0.39 is 0 Å². The molecule has 0 amide bonds. The molecule has 18 heavy (non-hydrogen) atoms. The van der Waals surface area contributed by atoms with Crippen LogP contribution in [0.3, 0.4) is 0 Å². The zero-order chi connectivity index (χ0) is 14.0. The van der Waals surface area contributed by atoms with Crippen LogP contribution in [0.5, 0.6) is 0 Å². The van der Waals surface area contributed by atoms with E-state index in [-0.39, 0.29) is 5.54 Å². The lowest BCUT2D eigenvalue weighted by Crippen LogP contribution is -2.50. The summed E-state index contributed by atoms with van der Waals surface area (Å²) in [6, 6.07) is 0.402. The molecule has 0 saturated carbocycles. The first-order valence-corrected chi connectivity index (χ1v) is 7.00. The maximum Gasteiger partial charge on any atom is 0.0630 e. The summed E-state index contributed by atoms with van der Waals surface area (Å²) in [6.07, 6.45) is 0. The molecule has 0 aliphatic heterocycles. The van der Waals surface area contributed by atoms with Gasteiger partial charge < -0.3 is 14.8 Å². The fourth-order valence-electron chi connectivity index (χ4n) is 1.83. The zero-order valence-corrected chi connectivity index (χ0v) is 13.1. The van der Waals surface area contributed by atoms with Crippen molar-refractivity contribution in [2.75, 3.05) is 46.6 Å². The fourth-order valence-corrected chi connectivity index (χ4v) is 1.83. The quantitative estimate of drug-likeness (QED) is 0.607. The number of methoxy groups -OCH3 is 1. The fraction of sp³-hybridized carbons (Fsp3) is 1.00. The summed E-state index contributed by atoms with van der Waals surface area (Å²) in [5.41, 5.74) is 0.144. The molecule has 0 spiro atoms. The van der Waals surface area contributed by atoms with Crippen LogP contribution >= 0.6 is 0 Å². The van der Waals surface area contributed by atoms with E-state index in [4.69, 9.17) is 9.47 Å². The van der Waals surface area contributed by atoms with Crippen molar-refractivity contribution < 1.29 is 9.47 Å². The van der Waals surface area contributed by atoms with E-state index in [1.54, 1.807) is 7.11 Å². The molecule has 0 aliphatic rings. The van der Waals surface area contributed by atoms with E-state index in [0.29, 0.717) is 6.04 Å². The Morgan fingerprint density at radius 2 is 1.89 bits per heavy atom. The predicted molar refractivity (Wildman–Crippen MR) is 77.2 cm³/mol. The van der Waals surface area contributed by atoms with Crippen LogP contribution in [0.1, 0.15) is 34.6 Å². The molecule has 0 rings (SSSR count). The highest BCUT2D eigenvalue weighted by Gasteiger charge is 2.19. The molecule has 4 nitrogen and oxygen atoms in total. The van der Waals surface area contributed by atoms with Crippen LogP contribution in [0.15, 0.2) is 0 Å². The molecular weight excluding hydrogens is 228 g/mol. The molecular formula is C14H32N2O2. The number of nitrogens with one attached hydrogen (secondary N) is 1. The molecule has 0 fully saturated rings. The Morgan fingerprint density at radius 1 is 1.22 bits per heavy atom. The average molecular weight is 260 g/mol. The first kappa shape index (κ1) is 17.8. The Labute approximate surface area is 113 Å². The van der Waals surface area contributed by atoms with Gasteiger partial charge in [-0.15, -0.1) is 0 Å². The van der Waals surface area contributed by atoms with E-state index in [0.717, 1.165) is 39.5 Å². The summed E-state index contributed by atoms with van der Waals surface area (Å²) in [5, 5.41) is 3.55. The van der Waals surface area contributed by atoms with Crippen LogP contribution in [-0.2, 0) is 9.47 Å². The minimum atomic E-state index is 0.144. The lowest BCUT2D eigenvalue weighted by Gasteiger charge is -2.33. The summed E-state index contributed by atoms with van der Waals surface area (Å²) in [5.74, 6) is 0. The van der Waals surface area contributed by atoms with Crippen molar-refractivity contribution in [1.82, 2.24) is 10.2 Å². The number of hydrogen-bond donors (Lipinski definition) is 1. The Hall–Kier alpha value is -0.160. The van der Waals surface area contributed by atoms with Gasteiger partial charge >= 0.3 is 0 Å². The molecule has 0 heterocycles. The van der Waals surface area contributed by atoms with E-state index in [2.05, 4.69) is 37.9 Å². The largest absolute Gasteiger partial charge is 0.383 e. The third-order valence-electron chi connectivity index (χ3n) is 2.88. The first-order chi connectivity index (χ1) is 8.44. The Kier molecular flexibility index (Phi) is 9.64. The minimum Gasteiger partial charge on any atom is -0.383 e. The molecule has 0 radical (unpaired) electrons. The number of likely N-dealkylation sites (N-methyl/N-ethyl adjacent to an activating group) is 1. The number of rotatable bonds is 10. The topological polar surface area (TPSA) is 33.7 Å². The highest BCUT2D eigenvalue weighted by molar-refractivity contribution is 4.78. The molecule has 1 unspecified atom stereocenters. The van der Waals surface area contributed by atoms with Crippen LogP contribution in [0.4, 0.5) is 0 Å². The van der Waals surface area contributed by atoms with Gasteiger partial charge in [-0.25, -0.2) is 0 Å². The standard InChI is InChI=1S/C14H32N2O2/c1-7-16(9-10-18-8-2)13(12-17-6)11-15-14(3,4)5/h13,15H,7-12H2,1-6H3. The second-order valence-corrected chi connectivity index (χ2v) is 5.57. The number of hydrogen-bond acceptors (Lipinski definition) is 4. The van der Waals surface area contributed by atoms with Gasteiger partial charge in [-0.3, -0.25) is 4.90 Å². The zero-order valence-electron chi connectivity index (χ0n) is 13.1. The van der Waals surface area contributed by atoms with Crippen molar-refractivity contribution in [3.8, 4) is 0 Å². The average Bonchev–Trinajstić information content (AvgIpc) is 2.30. The van der Waals surface area contributed by atoms with Crippen molar-refractivity contribution in [2.45, 2.75) is 46.2 Å². The van der Waals surface area contributed by atoms with Gasteiger partial charge in [-0.05, 0) is 34.2 Å². The molecule has 0 saturated heterocycles. The van der Waals surface area contributed by atoms with Crippen molar-refractivity contribution >= 4 is 0 Å². The van der Waals surface area contributed by atoms with E-state index >= 15 is 0 Å². The maximum absolute atomic E-state index is 5.44. The molecule has 0 bridgehead atoms. The Morgan fingerprint density at radius 3 is 2.33 bits per heavy atom. The third kappa shape index (κ3) is 8.86. The van der Waals surface area contributed by atoms with Crippen LogP contribution < -0.4 is 5.32 Å². The summed E-state index contributed by atoms with van der Waals surface area (Å²) in [6.45, 7) is 16.0. The van der Waals surface area contributed by atoms with Crippen LogP contribution in [-0.4, -0.2) is 63.0 Å².